The molecule has 1 heterocycles. The molecule has 0 bridgehead atoms. The van der Waals surface area contributed by atoms with E-state index in [1.807, 2.05) is 6.92 Å². The van der Waals surface area contributed by atoms with Gasteiger partial charge in [-0.15, -0.1) is 0 Å². The molecule has 1 N–H and O–H groups in total. The maximum atomic E-state index is 13.1. The summed E-state index contributed by atoms with van der Waals surface area (Å²) in [6.07, 6.45) is 11.2. The maximum Gasteiger partial charge on any atom is 0.248 e. The number of nitrogens with one attached hydrogen (secondary N) is 1. The van der Waals surface area contributed by atoms with Crippen molar-refractivity contribution < 1.29 is 9.59 Å². The quantitative estimate of drug-likeness (QED) is 0.850. The summed E-state index contributed by atoms with van der Waals surface area (Å²) in [5.41, 5.74) is -0.643. The third-order valence-electron chi connectivity index (χ3n) is 5.59. The van der Waals surface area contributed by atoms with Gasteiger partial charge in [0.1, 0.15) is 5.54 Å². The van der Waals surface area contributed by atoms with Gasteiger partial charge in [-0.25, -0.2) is 0 Å². The summed E-state index contributed by atoms with van der Waals surface area (Å²) in [6.45, 7) is 2.56. The van der Waals surface area contributed by atoms with E-state index in [-0.39, 0.29) is 11.8 Å². The Morgan fingerprint density at radius 1 is 1.00 bits per heavy atom. The fraction of sp³-hybridized carbons (Fsp3) is 0.882. The van der Waals surface area contributed by atoms with E-state index in [1.54, 1.807) is 0 Å². The Bertz CT molecular complexity index is 411. The highest BCUT2D eigenvalue weighted by molar-refractivity contribution is 5.94. The van der Waals surface area contributed by atoms with Crippen LogP contribution < -0.4 is 5.32 Å². The van der Waals surface area contributed by atoms with E-state index in [0.717, 1.165) is 25.7 Å². The smallest absolute Gasteiger partial charge is 0.248 e. The van der Waals surface area contributed by atoms with E-state index in [2.05, 4.69) is 10.2 Å². The fourth-order valence-electron chi connectivity index (χ4n) is 4.06. The molecule has 2 aliphatic carbocycles. The van der Waals surface area contributed by atoms with Crippen LogP contribution in [0, 0.1) is 5.92 Å². The highest BCUT2D eigenvalue weighted by Crippen LogP contribution is 2.42. The molecule has 1 unspecified atom stereocenters. The number of hydrogen-bond donors (Lipinski definition) is 1. The summed E-state index contributed by atoms with van der Waals surface area (Å²) in [5.74, 6) is 0.579. The van der Waals surface area contributed by atoms with Gasteiger partial charge in [-0.1, -0.05) is 32.1 Å². The van der Waals surface area contributed by atoms with Crippen LogP contribution in [-0.2, 0) is 9.59 Å². The largest absolute Gasteiger partial charge is 0.342 e. The van der Waals surface area contributed by atoms with Crippen molar-refractivity contribution in [2.75, 3.05) is 6.54 Å². The molecule has 21 heavy (non-hydrogen) atoms. The van der Waals surface area contributed by atoms with Gasteiger partial charge in [0.25, 0.3) is 0 Å². The number of nitrogens with zero attached hydrogens (tertiary/aromatic N) is 1. The van der Waals surface area contributed by atoms with Crippen LogP contribution in [0.5, 0.6) is 0 Å². The van der Waals surface area contributed by atoms with Gasteiger partial charge in [-0.3, -0.25) is 9.59 Å². The highest BCUT2D eigenvalue weighted by Gasteiger charge is 2.51. The molecule has 2 amide bonds. The van der Waals surface area contributed by atoms with E-state index in [1.165, 1.54) is 32.1 Å². The average molecular weight is 292 g/mol. The lowest BCUT2D eigenvalue weighted by Crippen LogP contribution is -2.58. The molecule has 118 valence electrons. The Morgan fingerprint density at radius 3 is 2.24 bits per heavy atom. The molecule has 1 aliphatic heterocycles. The minimum atomic E-state index is -0.643. The molecule has 3 rings (SSSR count). The summed E-state index contributed by atoms with van der Waals surface area (Å²) >= 11 is 0. The fourth-order valence-corrected chi connectivity index (χ4v) is 4.06. The van der Waals surface area contributed by atoms with E-state index in [9.17, 15) is 9.59 Å². The van der Waals surface area contributed by atoms with Gasteiger partial charge in [-0.2, -0.15) is 0 Å². The van der Waals surface area contributed by atoms with Gasteiger partial charge in [-0.05, 0) is 38.5 Å². The normalized spacial score (nSPS) is 33.1. The first-order valence-electron chi connectivity index (χ1n) is 8.73. The van der Waals surface area contributed by atoms with Crippen LogP contribution in [0.2, 0.25) is 0 Å². The van der Waals surface area contributed by atoms with Crippen molar-refractivity contribution in [1.29, 1.82) is 0 Å². The molecule has 3 fully saturated rings. The molecule has 4 nitrogen and oxygen atoms in total. The SMILES string of the molecule is CC1(C2CC2)NC(=O)CCN(C2CCCCCCC2)C1=O. The number of carbonyl (C=O) groups is 2. The van der Waals surface area contributed by atoms with Crippen molar-refractivity contribution in [2.45, 2.75) is 82.7 Å². The Balaban J connectivity index is 1.78. The molecule has 3 aliphatic rings. The monoisotopic (exact) mass is 292 g/mol. The van der Waals surface area contributed by atoms with Crippen LogP contribution in [-0.4, -0.2) is 34.8 Å². The summed E-state index contributed by atoms with van der Waals surface area (Å²) in [6, 6.07) is 0.351. The zero-order chi connectivity index (χ0) is 14.9. The van der Waals surface area contributed by atoms with Gasteiger partial charge in [0, 0.05) is 19.0 Å². The first-order valence-corrected chi connectivity index (χ1v) is 8.73. The third kappa shape index (κ3) is 3.09. The zero-order valence-electron chi connectivity index (χ0n) is 13.2. The van der Waals surface area contributed by atoms with Crippen LogP contribution in [0.3, 0.4) is 0 Å². The molecule has 1 saturated heterocycles. The van der Waals surface area contributed by atoms with Crippen molar-refractivity contribution in [1.82, 2.24) is 10.2 Å². The molecular weight excluding hydrogens is 264 g/mol. The van der Waals surface area contributed by atoms with Crippen molar-refractivity contribution in [3.63, 3.8) is 0 Å². The van der Waals surface area contributed by atoms with E-state index >= 15 is 0 Å². The van der Waals surface area contributed by atoms with E-state index in [4.69, 9.17) is 0 Å². The summed E-state index contributed by atoms with van der Waals surface area (Å²) in [7, 11) is 0. The minimum absolute atomic E-state index is 0.0473. The first kappa shape index (κ1) is 14.9. The van der Waals surface area contributed by atoms with E-state index in [0.29, 0.717) is 24.9 Å². The molecule has 0 aromatic heterocycles. The number of amides is 2. The molecule has 0 radical (unpaired) electrons. The van der Waals surface area contributed by atoms with Gasteiger partial charge in [0.15, 0.2) is 0 Å². The van der Waals surface area contributed by atoms with Crippen LogP contribution in [0.4, 0.5) is 0 Å². The number of hydrogen-bond acceptors (Lipinski definition) is 2. The lowest BCUT2D eigenvalue weighted by Gasteiger charge is -2.37. The van der Waals surface area contributed by atoms with Gasteiger partial charge in [0.05, 0.1) is 0 Å². The van der Waals surface area contributed by atoms with E-state index < -0.39 is 5.54 Å². The molecule has 4 heteroatoms. The van der Waals surface area contributed by atoms with Gasteiger partial charge >= 0.3 is 0 Å². The van der Waals surface area contributed by atoms with Crippen LogP contribution >= 0.6 is 0 Å². The Morgan fingerprint density at radius 2 is 1.62 bits per heavy atom. The predicted octanol–water partition coefficient (Wildman–Crippen LogP) is 2.62. The Hall–Kier alpha value is -1.06. The summed E-state index contributed by atoms with van der Waals surface area (Å²) < 4.78 is 0. The first-order chi connectivity index (χ1) is 10.1. The maximum absolute atomic E-state index is 13.1. The van der Waals surface area contributed by atoms with Crippen LogP contribution in [0.1, 0.15) is 71.1 Å². The molecule has 0 aromatic carbocycles. The van der Waals surface area contributed by atoms with Crippen LogP contribution in [0.25, 0.3) is 0 Å². The molecular formula is C17H28N2O2. The second kappa shape index (κ2) is 5.98. The number of carbonyl (C=O) groups excluding carboxylic acids is 2. The highest BCUT2D eigenvalue weighted by atomic mass is 16.2. The lowest BCUT2D eigenvalue weighted by molar-refractivity contribution is -0.141. The van der Waals surface area contributed by atoms with Gasteiger partial charge in [0.2, 0.25) is 11.8 Å². The zero-order valence-corrected chi connectivity index (χ0v) is 13.2. The van der Waals surface area contributed by atoms with Crippen molar-refractivity contribution in [2.24, 2.45) is 5.92 Å². The lowest BCUT2D eigenvalue weighted by atomic mass is 9.91. The number of rotatable bonds is 2. The van der Waals surface area contributed by atoms with Crippen molar-refractivity contribution in [3.05, 3.63) is 0 Å². The summed E-state index contributed by atoms with van der Waals surface area (Å²) in [5, 5.41) is 3.03. The third-order valence-corrected chi connectivity index (χ3v) is 5.59. The predicted molar refractivity (Wildman–Crippen MR) is 81.7 cm³/mol. The molecule has 0 aromatic rings. The van der Waals surface area contributed by atoms with Gasteiger partial charge < -0.3 is 10.2 Å². The average Bonchev–Trinajstić information content (AvgIpc) is 3.24. The second-order valence-electron chi connectivity index (χ2n) is 7.27. The minimum Gasteiger partial charge on any atom is -0.342 e. The Labute approximate surface area is 127 Å². The second-order valence-corrected chi connectivity index (χ2v) is 7.27. The topological polar surface area (TPSA) is 49.4 Å². The molecule has 2 saturated carbocycles. The molecule has 1 atom stereocenters. The summed E-state index contributed by atoms with van der Waals surface area (Å²) in [4.78, 5) is 27.2. The van der Waals surface area contributed by atoms with Crippen molar-refractivity contribution in [3.8, 4) is 0 Å². The van der Waals surface area contributed by atoms with Crippen molar-refractivity contribution >= 4 is 11.8 Å². The standard InChI is InChI=1S/C17H28N2O2/c1-17(13-9-10-13)16(21)19(12-11-15(20)18-17)14-7-5-3-2-4-6-8-14/h13-14H,2-12H2,1H3,(H,18,20). The molecule has 0 spiro atoms. The van der Waals surface area contributed by atoms with Crippen LogP contribution in [0.15, 0.2) is 0 Å². The Kier molecular flexibility index (Phi) is 4.23.